The molecule has 3 rings (SSSR count). The summed E-state index contributed by atoms with van der Waals surface area (Å²) >= 11 is 0. The van der Waals surface area contributed by atoms with Gasteiger partial charge < -0.3 is 4.18 Å². The van der Waals surface area contributed by atoms with E-state index in [0.29, 0.717) is 5.75 Å². The molecule has 1 aliphatic rings. The molecule has 0 atom stereocenters. The van der Waals surface area contributed by atoms with Crippen molar-refractivity contribution >= 4 is 10.1 Å². The second-order valence-electron chi connectivity index (χ2n) is 5.99. The van der Waals surface area contributed by atoms with Crippen LogP contribution in [0.2, 0.25) is 0 Å². The van der Waals surface area contributed by atoms with Gasteiger partial charge in [0.05, 0.1) is 0 Å². The molecule has 1 aliphatic heterocycles. The molecule has 0 fully saturated rings. The molecule has 0 saturated heterocycles. The van der Waals surface area contributed by atoms with Crippen LogP contribution in [0.5, 0.6) is 5.75 Å². The van der Waals surface area contributed by atoms with E-state index in [4.69, 9.17) is 4.18 Å². The summed E-state index contributed by atoms with van der Waals surface area (Å²) in [4.78, 5) is 2.51. The van der Waals surface area contributed by atoms with Gasteiger partial charge in [-0.15, -0.1) is 0 Å². The van der Waals surface area contributed by atoms with Crippen LogP contribution in [0.4, 0.5) is 0 Å². The normalized spacial score (nSPS) is 15.4. The van der Waals surface area contributed by atoms with E-state index in [0.717, 1.165) is 37.2 Å². The third-order valence-corrected chi connectivity index (χ3v) is 5.25. The minimum absolute atomic E-state index is 0.164. The number of benzene rings is 2. The third kappa shape index (κ3) is 4.24. The fourth-order valence-electron chi connectivity index (χ4n) is 2.62. The Bertz CT molecular complexity index is 809. The van der Waals surface area contributed by atoms with E-state index in [2.05, 4.69) is 17.1 Å². The van der Waals surface area contributed by atoms with Crippen LogP contribution < -0.4 is 4.18 Å². The Labute approximate surface area is 143 Å². The van der Waals surface area contributed by atoms with E-state index in [1.54, 1.807) is 36.4 Å². The van der Waals surface area contributed by atoms with Gasteiger partial charge in [0.25, 0.3) is 0 Å². The molecule has 24 heavy (non-hydrogen) atoms. The monoisotopic (exact) mass is 343 g/mol. The number of nitrogens with zero attached hydrogens (tertiary/aromatic N) is 1. The fourth-order valence-corrected chi connectivity index (χ4v) is 3.55. The zero-order valence-electron chi connectivity index (χ0n) is 13.7. The molecule has 0 aromatic heterocycles. The number of hydrogen-bond donors (Lipinski definition) is 0. The van der Waals surface area contributed by atoms with Crippen molar-refractivity contribution in [3.63, 3.8) is 0 Å². The summed E-state index contributed by atoms with van der Waals surface area (Å²) in [6, 6.07) is 13.9. The van der Waals surface area contributed by atoms with Gasteiger partial charge in [-0.3, -0.25) is 4.90 Å². The number of hydrogen-bond acceptors (Lipinski definition) is 4. The average molecular weight is 343 g/mol. The molecule has 4 nitrogen and oxygen atoms in total. The van der Waals surface area contributed by atoms with Crippen molar-refractivity contribution < 1.29 is 12.6 Å². The van der Waals surface area contributed by atoms with Gasteiger partial charge in [-0.2, -0.15) is 8.42 Å². The molecule has 2 aromatic carbocycles. The van der Waals surface area contributed by atoms with Crippen LogP contribution in [0, 0.1) is 6.92 Å². The second kappa shape index (κ2) is 7.20. The smallest absolute Gasteiger partial charge is 0.339 e. The molecular weight excluding hydrogens is 322 g/mol. The summed E-state index contributed by atoms with van der Waals surface area (Å²) < 4.78 is 29.8. The molecule has 0 unspecified atom stereocenters. The van der Waals surface area contributed by atoms with Crippen molar-refractivity contribution in [2.24, 2.45) is 0 Å². The SMILES string of the molecule is Cc1ccc(S(=O)(=O)Oc2ccc(CN3CC=CCC3)cc2)cc1. The summed E-state index contributed by atoms with van der Waals surface area (Å²) in [5.41, 5.74) is 2.15. The number of aryl methyl sites for hydroxylation is 1. The first-order valence-electron chi connectivity index (χ1n) is 8.00. The Balaban J connectivity index is 1.67. The van der Waals surface area contributed by atoms with Gasteiger partial charge in [-0.25, -0.2) is 0 Å². The van der Waals surface area contributed by atoms with Gasteiger partial charge in [-0.05, 0) is 43.2 Å². The summed E-state index contributed by atoms with van der Waals surface area (Å²) in [6.45, 7) is 4.78. The van der Waals surface area contributed by atoms with Gasteiger partial charge in [0, 0.05) is 19.6 Å². The maximum Gasteiger partial charge on any atom is 0.339 e. The van der Waals surface area contributed by atoms with Crippen LogP contribution in [0.1, 0.15) is 17.5 Å². The van der Waals surface area contributed by atoms with E-state index >= 15 is 0 Å². The first-order chi connectivity index (χ1) is 11.5. The molecule has 0 aliphatic carbocycles. The Kier molecular flexibility index (Phi) is 5.02. The lowest BCUT2D eigenvalue weighted by molar-refractivity contribution is 0.290. The quantitative estimate of drug-likeness (QED) is 0.615. The molecule has 1 heterocycles. The summed E-state index contributed by atoms with van der Waals surface area (Å²) in [5.74, 6) is 0.331. The zero-order valence-corrected chi connectivity index (χ0v) is 14.5. The summed E-state index contributed by atoms with van der Waals surface area (Å²) in [6.07, 6.45) is 5.45. The highest BCUT2D eigenvalue weighted by Crippen LogP contribution is 2.20. The second-order valence-corrected chi connectivity index (χ2v) is 7.54. The van der Waals surface area contributed by atoms with Crippen LogP contribution in [0.25, 0.3) is 0 Å². The Morgan fingerprint density at radius 3 is 2.33 bits per heavy atom. The lowest BCUT2D eigenvalue weighted by atomic mass is 10.2. The van der Waals surface area contributed by atoms with E-state index in [1.165, 1.54) is 0 Å². The lowest BCUT2D eigenvalue weighted by Crippen LogP contribution is -2.26. The van der Waals surface area contributed by atoms with E-state index in [-0.39, 0.29) is 4.90 Å². The van der Waals surface area contributed by atoms with Gasteiger partial charge in [0.2, 0.25) is 0 Å². The minimum Gasteiger partial charge on any atom is -0.379 e. The van der Waals surface area contributed by atoms with E-state index in [1.807, 2.05) is 19.1 Å². The standard InChI is InChI=1S/C19H21NO3S/c1-16-5-11-19(12-6-16)24(21,22)23-18-9-7-17(8-10-18)15-20-13-3-2-4-14-20/h2-3,5-12H,4,13-15H2,1H3. The topological polar surface area (TPSA) is 46.6 Å². The lowest BCUT2D eigenvalue weighted by Gasteiger charge is -2.22. The highest BCUT2D eigenvalue weighted by atomic mass is 32.2. The highest BCUT2D eigenvalue weighted by molar-refractivity contribution is 7.87. The predicted octanol–water partition coefficient (Wildman–Crippen LogP) is 3.52. The Morgan fingerprint density at radius 2 is 1.71 bits per heavy atom. The highest BCUT2D eigenvalue weighted by Gasteiger charge is 2.16. The van der Waals surface area contributed by atoms with Crippen LogP contribution in [-0.4, -0.2) is 26.4 Å². The fraction of sp³-hybridized carbons (Fsp3) is 0.263. The van der Waals surface area contributed by atoms with Gasteiger partial charge >= 0.3 is 10.1 Å². The number of rotatable bonds is 5. The van der Waals surface area contributed by atoms with Crippen LogP contribution in [-0.2, 0) is 16.7 Å². The molecular formula is C19H21NO3S. The maximum atomic E-state index is 12.3. The average Bonchev–Trinajstić information content (AvgIpc) is 2.58. The van der Waals surface area contributed by atoms with Crippen LogP contribution in [0.15, 0.2) is 65.6 Å². The summed E-state index contributed by atoms with van der Waals surface area (Å²) in [7, 11) is -3.79. The Hall–Kier alpha value is -2.11. The van der Waals surface area contributed by atoms with Gasteiger partial charge in [-0.1, -0.05) is 42.0 Å². The van der Waals surface area contributed by atoms with Crippen LogP contribution >= 0.6 is 0 Å². The predicted molar refractivity (Wildman–Crippen MR) is 94.5 cm³/mol. The molecule has 0 N–H and O–H groups in total. The molecule has 0 saturated carbocycles. The first kappa shape index (κ1) is 16.7. The molecule has 2 aromatic rings. The molecule has 0 bridgehead atoms. The maximum absolute atomic E-state index is 12.3. The van der Waals surface area contributed by atoms with Crippen molar-refractivity contribution in [3.8, 4) is 5.75 Å². The van der Waals surface area contributed by atoms with E-state index in [9.17, 15) is 8.42 Å². The van der Waals surface area contributed by atoms with Crippen molar-refractivity contribution in [1.29, 1.82) is 0 Å². The van der Waals surface area contributed by atoms with Gasteiger partial charge in [0.1, 0.15) is 10.6 Å². The Morgan fingerprint density at radius 1 is 1.00 bits per heavy atom. The van der Waals surface area contributed by atoms with Gasteiger partial charge in [0.15, 0.2) is 0 Å². The zero-order chi connectivity index (χ0) is 17.0. The summed E-state index contributed by atoms with van der Waals surface area (Å²) in [5, 5.41) is 0. The minimum atomic E-state index is -3.79. The van der Waals surface area contributed by atoms with Crippen molar-refractivity contribution in [3.05, 3.63) is 71.8 Å². The molecule has 126 valence electrons. The molecule has 0 spiro atoms. The van der Waals surface area contributed by atoms with E-state index < -0.39 is 10.1 Å². The molecule has 5 heteroatoms. The third-order valence-electron chi connectivity index (χ3n) is 3.99. The first-order valence-corrected chi connectivity index (χ1v) is 9.41. The van der Waals surface area contributed by atoms with Crippen molar-refractivity contribution in [2.45, 2.75) is 24.8 Å². The van der Waals surface area contributed by atoms with Crippen molar-refractivity contribution in [1.82, 2.24) is 4.90 Å². The van der Waals surface area contributed by atoms with Crippen molar-refractivity contribution in [2.75, 3.05) is 13.1 Å². The molecule has 0 radical (unpaired) electrons. The largest absolute Gasteiger partial charge is 0.379 e. The molecule has 0 amide bonds. The van der Waals surface area contributed by atoms with Crippen LogP contribution in [0.3, 0.4) is 0 Å².